The lowest BCUT2D eigenvalue weighted by molar-refractivity contribution is -0.139. The summed E-state index contributed by atoms with van der Waals surface area (Å²) in [5, 5.41) is 10.8. The van der Waals surface area contributed by atoms with E-state index < -0.39 is 29.9 Å². The van der Waals surface area contributed by atoms with Crippen molar-refractivity contribution in [1.82, 2.24) is 15.1 Å². The van der Waals surface area contributed by atoms with Crippen LogP contribution in [0.4, 0.5) is 4.79 Å². The Morgan fingerprint density at radius 1 is 1.37 bits per heavy atom. The van der Waals surface area contributed by atoms with Gasteiger partial charge >= 0.3 is 12.0 Å². The minimum Gasteiger partial charge on any atom is -0.481 e. The fourth-order valence-corrected chi connectivity index (χ4v) is 1.95. The van der Waals surface area contributed by atoms with Crippen LogP contribution >= 0.6 is 0 Å². The first-order valence-corrected chi connectivity index (χ1v) is 5.95. The van der Waals surface area contributed by atoms with Crippen molar-refractivity contribution in [3.05, 3.63) is 0 Å². The van der Waals surface area contributed by atoms with E-state index in [1.165, 1.54) is 4.90 Å². The van der Waals surface area contributed by atoms with Crippen molar-refractivity contribution in [2.75, 3.05) is 19.6 Å². The molecule has 0 aliphatic carbocycles. The Morgan fingerprint density at radius 2 is 1.89 bits per heavy atom. The number of nitrogens with one attached hydrogen (secondary N) is 1. The molecule has 2 N–H and O–H groups in total. The van der Waals surface area contributed by atoms with Gasteiger partial charge in [-0.05, 0) is 13.8 Å². The number of hydrogen-bond acceptors (Lipinski definition) is 4. The van der Waals surface area contributed by atoms with Crippen LogP contribution in [0.3, 0.4) is 0 Å². The molecule has 0 aromatic rings. The van der Waals surface area contributed by atoms with Crippen LogP contribution in [0.25, 0.3) is 0 Å². The number of carbonyl (C=O) groups is 4. The average molecular weight is 271 g/mol. The van der Waals surface area contributed by atoms with Gasteiger partial charge in [0, 0.05) is 12.6 Å². The van der Waals surface area contributed by atoms with Crippen LogP contribution in [0.1, 0.15) is 20.3 Å². The molecule has 1 atom stereocenters. The summed E-state index contributed by atoms with van der Waals surface area (Å²) in [5.41, 5.74) is 0. The third kappa shape index (κ3) is 3.94. The molecule has 1 fully saturated rings. The van der Waals surface area contributed by atoms with Crippen LogP contribution in [0.2, 0.25) is 0 Å². The van der Waals surface area contributed by atoms with Crippen LogP contribution in [-0.2, 0) is 14.4 Å². The van der Waals surface area contributed by atoms with Gasteiger partial charge in [0.15, 0.2) is 0 Å². The average Bonchev–Trinajstić information content (AvgIpc) is 2.27. The molecule has 1 heterocycles. The van der Waals surface area contributed by atoms with Crippen LogP contribution < -0.4 is 5.32 Å². The van der Waals surface area contributed by atoms with E-state index in [1.807, 2.05) is 0 Å². The fraction of sp³-hybridized carbons (Fsp3) is 0.636. The molecule has 19 heavy (non-hydrogen) atoms. The van der Waals surface area contributed by atoms with Gasteiger partial charge in [0.1, 0.15) is 13.1 Å². The smallest absolute Gasteiger partial charge is 0.321 e. The minimum absolute atomic E-state index is 0.187. The number of nitrogens with zero attached hydrogens (tertiary/aromatic N) is 2. The topological polar surface area (TPSA) is 107 Å². The number of carboxylic acids is 1. The molecule has 8 heteroatoms. The number of hydrogen-bond donors (Lipinski definition) is 2. The predicted octanol–water partition coefficient (Wildman–Crippen LogP) is -0.750. The molecule has 1 unspecified atom stereocenters. The highest BCUT2D eigenvalue weighted by Gasteiger charge is 2.31. The molecular formula is C11H17N3O5. The van der Waals surface area contributed by atoms with E-state index in [-0.39, 0.29) is 19.5 Å². The number of carbonyl (C=O) groups excluding carboxylic acids is 3. The number of carboxylic acid groups (broad SMARTS) is 1. The first-order valence-electron chi connectivity index (χ1n) is 5.95. The Balaban J connectivity index is 2.74. The van der Waals surface area contributed by atoms with Gasteiger partial charge in [-0.3, -0.25) is 19.7 Å². The van der Waals surface area contributed by atoms with Gasteiger partial charge in [-0.25, -0.2) is 4.79 Å². The van der Waals surface area contributed by atoms with E-state index >= 15 is 0 Å². The molecule has 1 aliphatic heterocycles. The maximum atomic E-state index is 12.2. The molecule has 0 bridgehead atoms. The number of amides is 4. The van der Waals surface area contributed by atoms with E-state index in [1.54, 1.807) is 13.8 Å². The molecule has 0 spiro atoms. The number of aliphatic carboxylic acids is 1. The summed E-state index contributed by atoms with van der Waals surface area (Å²) in [5.74, 6) is -2.08. The summed E-state index contributed by atoms with van der Waals surface area (Å²) in [6.07, 6.45) is -0.187. The highest BCUT2D eigenvalue weighted by Crippen LogP contribution is 2.09. The first kappa shape index (κ1) is 14.9. The molecule has 1 saturated heterocycles. The second-order valence-corrected chi connectivity index (χ2v) is 4.34. The quantitative estimate of drug-likeness (QED) is 0.654. The van der Waals surface area contributed by atoms with Crippen molar-refractivity contribution in [3.8, 4) is 0 Å². The summed E-state index contributed by atoms with van der Waals surface area (Å²) in [7, 11) is 0. The van der Waals surface area contributed by atoms with E-state index in [0.29, 0.717) is 6.54 Å². The SMILES string of the molecule is CCN(C(=O)N1CC(=O)NC(=O)C1)C(C)CC(=O)O. The predicted molar refractivity (Wildman–Crippen MR) is 64.2 cm³/mol. The largest absolute Gasteiger partial charge is 0.481 e. The van der Waals surface area contributed by atoms with E-state index in [9.17, 15) is 19.2 Å². The molecule has 0 radical (unpaired) electrons. The minimum atomic E-state index is -1.01. The van der Waals surface area contributed by atoms with Crippen LogP contribution in [0.15, 0.2) is 0 Å². The van der Waals surface area contributed by atoms with Crippen molar-refractivity contribution < 1.29 is 24.3 Å². The molecule has 0 aromatic heterocycles. The van der Waals surface area contributed by atoms with Gasteiger partial charge in [-0.1, -0.05) is 0 Å². The zero-order chi connectivity index (χ0) is 14.6. The third-order valence-corrected chi connectivity index (χ3v) is 2.81. The van der Waals surface area contributed by atoms with Gasteiger partial charge in [-0.15, -0.1) is 0 Å². The van der Waals surface area contributed by atoms with Crippen molar-refractivity contribution in [1.29, 1.82) is 0 Å². The fourth-order valence-electron chi connectivity index (χ4n) is 1.95. The van der Waals surface area contributed by atoms with Gasteiger partial charge in [-0.2, -0.15) is 0 Å². The number of rotatable bonds is 4. The van der Waals surface area contributed by atoms with E-state index in [2.05, 4.69) is 5.32 Å². The Labute approximate surface area is 110 Å². The summed E-state index contributed by atoms with van der Waals surface area (Å²) in [4.78, 5) is 47.7. The Hall–Kier alpha value is -2.12. The van der Waals surface area contributed by atoms with Crippen LogP contribution in [-0.4, -0.2) is 64.4 Å². The van der Waals surface area contributed by atoms with Gasteiger partial charge in [0.05, 0.1) is 6.42 Å². The molecule has 106 valence electrons. The number of urea groups is 1. The molecule has 4 amide bonds. The highest BCUT2D eigenvalue weighted by molar-refractivity contribution is 6.02. The molecule has 1 aliphatic rings. The van der Waals surface area contributed by atoms with Gasteiger partial charge in [0.2, 0.25) is 11.8 Å². The van der Waals surface area contributed by atoms with Crippen molar-refractivity contribution >= 4 is 23.8 Å². The lowest BCUT2D eigenvalue weighted by atomic mass is 10.2. The third-order valence-electron chi connectivity index (χ3n) is 2.81. The second-order valence-electron chi connectivity index (χ2n) is 4.34. The Morgan fingerprint density at radius 3 is 2.32 bits per heavy atom. The zero-order valence-corrected chi connectivity index (χ0v) is 10.9. The van der Waals surface area contributed by atoms with Crippen LogP contribution in [0.5, 0.6) is 0 Å². The monoisotopic (exact) mass is 271 g/mol. The Kier molecular flexibility index (Phi) is 4.85. The molecular weight excluding hydrogens is 254 g/mol. The van der Waals surface area contributed by atoms with Crippen molar-refractivity contribution in [2.45, 2.75) is 26.3 Å². The zero-order valence-electron chi connectivity index (χ0n) is 10.9. The standard InChI is InChI=1S/C11H17N3O5/c1-3-14(7(2)4-10(17)18)11(19)13-5-8(15)12-9(16)6-13/h7H,3-6H2,1-2H3,(H,17,18)(H,12,15,16). The molecule has 1 rings (SSSR count). The van der Waals surface area contributed by atoms with E-state index in [0.717, 1.165) is 4.90 Å². The molecule has 0 aromatic carbocycles. The van der Waals surface area contributed by atoms with Crippen molar-refractivity contribution in [2.24, 2.45) is 0 Å². The maximum absolute atomic E-state index is 12.2. The Bertz CT molecular complexity index is 393. The highest BCUT2D eigenvalue weighted by atomic mass is 16.4. The summed E-state index contributed by atoms with van der Waals surface area (Å²) in [6, 6.07) is -1.01. The summed E-state index contributed by atoms with van der Waals surface area (Å²) >= 11 is 0. The number of piperazine rings is 1. The first-order chi connectivity index (χ1) is 8.85. The lowest BCUT2D eigenvalue weighted by Gasteiger charge is -2.34. The van der Waals surface area contributed by atoms with Crippen LogP contribution in [0, 0.1) is 0 Å². The van der Waals surface area contributed by atoms with E-state index in [4.69, 9.17) is 5.11 Å². The normalized spacial score (nSPS) is 16.8. The summed E-state index contributed by atoms with van der Waals surface area (Å²) in [6.45, 7) is 3.24. The lowest BCUT2D eigenvalue weighted by Crippen LogP contribution is -2.57. The number of imide groups is 1. The summed E-state index contributed by atoms with van der Waals surface area (Å²) < 4.78 is 0. The van der Waals surface area contributed by atoms with Gasteiger partial charge in [0.25, 0.3) is 0 Å². The maximum Gasteiger partial charge on any atom is 0.321 e. The van der Waals surface area contributed by atoms with Crippen molar-refractivity contribution in [3.63, 3.8) is 0 Å². The molecule has 0 saturated carbocycles. The second kappa shape index (κ2) is 6.17. The molecule has 8 nitrogen and oxygen atoms in total. The van der Waals surface area contributed by atoms with Gasteiger partial charge < -0.3 is 14.9 Å².